The summed E-state index contributed by atoms with van der Waals surface area (Å²) in [4.78, 5) is 23.1. The third kappa shape index (κ3) is 7.30. The van der Waals surface area contributed by atoms with E-state index in [0.29, 0.717) is 0 Å². The molecule has 0 rings (SSSR count). The Kier molecular flexibility index (Phi) is 6.20. The van der Waals surface area contributed by atoms with Crippen LogP contribution in [0.25, 0.3) is 0 Å². The Labute approximate surface area is 100 Å². The van der Waals surface area contributed by atoms with Crippen LogP contribution < -0.4 is 5.73 Å². The number of carbonyl (C=O) groups excluding carboxylic acids is 2. The summed E-state index contributed by atoms with van der Waals surface area (Å²) in [5.74, 6) is -2.48. The van der Waals surface area contributed by atoms with Gasteiger partial charge in [-0.25, -0.2) is 8.42 Å². The minimum absolute atomic E-state index is 0.191. The fourth-order valence-corrected chi connectivity index (χ4v) is 2.13. The fourth-order valence-electron chi connectivity index (χ4n) is 1.06. The van der Waals surface area contributed by atoms with Gasteiger partial charge in [0.15, 0.2) is 9.84 Å². The van der Waals surface area contributed by atoms with E-state index in [2.05, 4.69) is 0 Å². The molecule has 8 heteroatoms. The van der Waals surface area contributed by atoms with Crippen LogP contribution in [0.4, 0.5) is 0 Å². The molecule has 0 heterocycles. The Morgan fingerprint density at radius 2 is 2.00 bits per heavy atom. The van der Waals surface area contributed by atoms with Gasteiger partial charge in [-0.05, 0) is 0 Å². The minimum atomic E-state index is -3.62. The number of nitrogens with zero attached hydrogens (tertiary/aromatic N) is 2. The van der Waals surface area contributed by atoms with E-state index in [4.69, 9.17) is 11.0 Å². The Hall–Kier alpha value is -1.62. The molecule has 0 fully saturated rings. The van der Waals surface area contributed by atoms with Crippen LogP contribution in [0.2, 0.25) is 0 Å². The first kappa shape index (κ1) is 15.4. The molecule has 0 saturated carbocycles. The number of rotatable bonds is 7. The number of nitrogens with two attached hydrogens (primary N) is 1. The zero-order valence-corrected chi connectivity index (χ0v) is 10.4. The summed E-state index contributed by atoms with van der Waals surface area (Å²) < 4.78 is 22.5. The summed E-state index contributed by atoms with van der Waals surface area (Å²) in [7, 11) is -2.13. The summed E-state index contributed by atoms with van der Waals surface area (Å²) in [5.41, 5.74) is 4.76. The van der Waals surface area contributed by atoms with Crippen molar-refractivity contribution in [3.8, 4) is 6.07 Å². The largest absolute Gasteiger partial charge is 0.369 e. The third-order valence-corrected chi connectivity index (χ3v) is 3.52. The van der Waals surface area contributed by atoms with Crippen LogP contribution in [-0.2, 0) is 19.4 Å². The van der Waals surface area contributed by atoms with Crippen LogP contribution in [0, 0.1) is 11.3 Å². The zero-order valence-electron chi connectivity index (χ0n) is 9.55. The van der Waals surface area contributed by atoms with Gasteiger partial charge in [0.2, 0.25) is 11.8 Å². The average Bonchev–Trinajstić information content (AvgIpc) is 2.20. The second kappa shape index (κ2) is 6.85. The molecule has 2 amide bonds. The second-order valence-corrected chi connectivity index (χ2v) is 5.72. The van der Waals surface area contributed by atoms with Crippen LogP contribution in [0.1, 0.15) is 12.8 Å². The quantitative estimate of drug-likeness (QED) is 0.607. The SMILES string of the molecule is CN(CCC#N)C(=O)CCS(=O)(=O)CC(N)=O. The van der Waals surface area contributed by atoms with E-state index in [-0.39, 0.29) is 25.3 Å². The van der Waals surface area contributed by atoms with E-state index in [0.717, 1.165) is 0 Å². The number of primary amides is 1. The first-order valence-electron chi connectivity index (χ1n) is 4.88. The average molecular weight is 261 g/mol. The molecule has 7 nitrogen and oxygen atoms in total. The second-order valence-electron chi connectivity index (χ2n) is 3.53. The molecule has 0 aliphatic heterocycles. The van der Waals surface area contributed by atoms with E-state index >= 15 is 0 Å². The smallest absolute Gasteiger partial charge is 0.232 e. The molecule has 2 N–H and O–H groups in total. The topological polar surface area (TPSA) is 121 Å². The highest BCUT2D eigenvalue weighted by Gasteiger charge is 2.17. The van der Waals surface area contributed by atoms with Crippen LogP contribution >= 0.6 is 0 Å². The molecule has 0 bridgehead atoms. The van der Waals surface area contributed by atoms with Crippen molar-refractivity contribution in [2.75, 3.05) is 25.1 Å². The van der Waals surface area contributed by atoms with Gasteiger partial charge >= 0.3 is 0 Å². The highest BCUT2D eigenvalue weighted by Crippen LogP contribution is 1.98. The Bertz CT molecular complexity index is 424. The lowest BCUT2D eigenvalue weighted by molar-refractivity contribution is -0.129. The number of amides is 2. The maximum Gasteiger partial charge on any atom is 0.232 e. The summed E-state index contributed by atoms with van der Waals surface area (Å²) in [6.45, 7) is 0.255. The maximum atomic E-state index is 11.4. The molecule has 0 spiro atoms. The van der Waals surface area contributed by atoms with Crippen LogP contribution in [0.5, 0.6) is 0 Å². The van der Waals surface area contributed by atoms with Crippen molar-refractivity contribution in [1.29, 1.82) is 5.26 Å². The standard InChI is InChI=1S/C9H15N3O4S/c1-12(5-2-4-10)9(14)3-6-17(15,16)7-8(11)13/h2-3,5-7H2,1H3,(H2,11,13). The lowest BCUT2D eigenvalue weighted by Crippen LogP contribution is -2.31. The predicted octanol–water partition coefficient (Wildman–Crippen LogP) is -1.35. The minimum Gasteiger partial charge on any atom is -0.369 e. The van der Waals surface area contributed by atoms with Gasteiger partial charge < -0.3 is 10.6 Å². The van der Waals surface area contributed by atoms with Gasteiger partial charge in [0.1, 0.15) is 5.75 Å². The fraction of sp³-hybridized carbons (Fsp3) is 0.667. The zero-order chi connectivity index (χ0) is 13.5. The number of carbonyl (C=O) groups is 2. The first-order valence-corrected chi connectivity index (χ1v) is 6.70. The van der Waals surface area contributed by atoms with Crippen molar-refractivity contribution in [3.05, 3.63) is 0 Å². The van der Waals surface area contributed by atoms with Crippen LogP contribution in [0.3, 0.4) is 0 Å². The Morgan fingerprint density at radius 1 is 1.41 bits per heavy atom. The molecule has 0 aliphatic rings. The van der Waals surface area contributed by atoms with Gasteiger partial charge in [-0.3, -0.25) is 9.59 Å². The molecule has 17 heavy (non-hydrogen) atoms. The van der Waals surface area contributed by atoms with E-state index in [9.17, 15) is 18.0 Å². The van der Waals surface area contributed by atoms with E-state index < -0.39 is 27.3 Å². The third-order valence-electron chi connectivity index (χ3n) is 1.97. The molecule has 0 atom stereocenters. The molecular formula is C9H15N3O4S. The van der Waals surface area contributed by atoms with Crippen molar-refractivity contribution in [3.63, 3.8) is 0 Å². The first-order chi connectivity index (χ1) is 7.78. The maximum absolute atomic E-state index is 11.4. The highest BCUT2D eigenvalue weighted by atomic mass is 32.2. The summed E-state index contributed by atoms with van der Waals surface area (Å²) in [6, 6.07) is 1.88. The molecule has 0 saturated heterocycles. The Morgan fingerprint density at radius 3 is 2.47 bits per heavy atom. The Balaban J connectivity index is 4.16. The normalized spacial score (nSPS) is 10.6. The number of nitriles is 1. The lowest BCUT2D eigenvalue weighted by atomic mass is 10.3. The van der Waals surface area contributed by atoms with E-state index in [1.165, 1.54) is 11.9 Å². The molecule has 0 aromatic heterocycles. The number of hydrogen-bond acceptors (Lipinski definition) is 5. The van der Waals surface area contributed by atoms with Crippen molar-refractivity contribution in [2.24, 2.45) is 5.73 Å². The van der Waals surface area contributed by atoms with Crippen molar-refractivity contribution in [2.45, 2.75) is 12.8 Å². The van der Waals surface area contributed by atoms with Gasteiger partial charge in [0.25, 0.3) is 0 Å². The highest BCUT2D eigenvalue weighted by molar-refractivity contribution is 7.92. The molecule has 96 valence electrons. The van der Waals surface area contributed by atoms with Crippen LogP contribution in [-0.4, -0.2) is 50.2 Å². The van der Waals surface area contributed by atoms with Gasteiger partial charge in [0, 0.05) is 20.0 Å². The van der Waals surface area contributed by atoms with Gasteiger partial charge in [-0.15, -0.1) is 0 Å². The predicted molar refractivity (Wildman–Crippen MR) is 60.3 cm³/mol. The number of hydrogen-bond donors (Lipinski definition) is 1. The molecule has 0 aromatic carbocycles. The van der Waals surface area contributed by atoms with Gasteiger partial charge in [-0.1, -0.05) is 0 Å². The summed E-state index contributed by atoms with van der Waals surface area (Å²) in [5, 5.41) is 8.32. The van der Waals surface area contributed by atoms with E-state index in [1.807, 2.05) is 6.07 Å². The van der Waals surface area contributed by atoms with E-state index in [1.54, 1.807) is 0 Å². The molecule has 0 unspecified atom stereocenters. The molecule has 0 aliphatic carbocycles. The van der Waals surface area contributed by atoms with Gasteiger partial charge in [-0.2, -0.15) is 5.26 Å². The van der Waals surface area contributed by atoms with Crippen LogP contribution in [0.15, 0.2) is 0 Å². The molecular weight excluding hydrogens is 246 g/mol. The summed E-state index contributed by atoms with van der Waals surface area (Å²) >= 11 is 0. The van der Waals surface area contributed by atoms with Crippen molar-refractivity contribution < 1.29 is 18.0 Å². The molecule has 0 radical (unpaired) electrons. The monoisotopic (exact) mass is 261 g/mol. The number of sulfone groups is 1. The van der Waals surface area contributed by atoms with Crippen molar-refractivity contribution >= 4 is 21.7 Å². The summed E-state index contributed by atoms with van der Waals surface area (Å²) in [6.07, 6.45) is -0.0200. The molecule has 0 aromatic rings. The van der Waals surface area contributed by atoms with Crippen molar-refractivity contribution in [1.82, 2.24) is 4.90 Å². The van der Waals surface area contributed by atoms with Gasteiger partial charge in [0.05, 0.1) is 18.2 Å². The lowest BCUT2D eigenvalue weighted by Gasteiger charge is -2.14.